The van der Waals surface area contributed by atoms with Gasteiger partial charge in [0, 0.05) is 25.7 Å². The number of benzene rings is 1. The predicted octanol–water partition coefficient (Wildman–Crippen LogP) is 1.40. The molecule has 0 unspecified atom stereocenters. The monoisotopic (exact) mass is 466 g/mol. The van der Waals surface area contributed by atoms with E-state index in [0.717, 1.165) is 5.56 Å². The van der Waals surface area contributed by atoms with Crippen molar-refractivity contribution < 1.29 is 29.0 Å². The summed E-state index contributed by atoms with van der Waals surface area (Å²) in [5.74, 6) is -1.11. The van der Waals surface area contributed by atoms with Crippen molar-refractivity contribution in [3.8, 4) is 11.8 Å². The predicted molar refractivity (Wildman–Crippen MR) is 120 cm³/mol. The molecular weight excluding hydrogens is 440 g/mol. The number of carboxylic acids is 1. The number of carbonyl (C=O) groups excluding carboxylic acids is 2. The number of nitrogens with zero attached hydrogens (tertiary/aromatic N) is 3. The van der Waals surface area contributed by atoms with Gasteiger partial charge in [0.1, 0.15) is 30.2 Å². The third-order valence-electron chi connectivity index (χ3n) is 5.52. The molecule has 10 nitrogen and oxygen atoms in total. The first kappa shape index (κ1) is 24.7. The van der Waals surface area contributed by atoms with E-state index in [2.05, 4.69) is 10.3 Å². The highest BCUT2D eigenvalue weighted by atomic mass is 16.5. The molecule has 0 bridgehead atoms. The maximum Gasteiger partial charge on any atom is 0.329 e. The average Bonchev–Trinajstić information content (AvgIpc) is 2.87. The lowest BCUT2D eigenvalue weighted by atomic mass is 10.0. The zero-order valence-electron chi connectivity index (χ0n) is 18.8. The topological polar surface area (TPSA) is 142 Å². The molecule has 10 heteroatoms. The van der Waals surface area contributed by atoms with E-state index in [-0.39, 0.29) is 30.7 Å². The average molecular weight is 466 g/mol. The van der Waals surface area contributed by atoms with E-state index in [0.29, 0.717) is 37.2 Å². The summed E-state index contributed by atoms with van der Waals surface area (Å²) in [6.07, 6.45) is 2.37. The SMILES string of the molecule is COc1ccc(C[C@H](NC(=O)c2ccc(C#N)cn2)C(=O)N2CCC(OCC(=O)O)CC2)cc1. The summed E-state index contributed by atoms with van der Waals surface area (Å²) in [5.41, 5.74) is 1.27. The molecule has 1 aromatic carbocycles. The Hall–Kier alpha value is -3.97. The van der Waals surface area contributed by atoms with Crippen LogP contribution in [0.15, 0.2) is 42.6 Å². The Morgan fingerprint density at radius 3 is 2.47 bits per heavy atom. The first-order chi connectivity index (χ1) is 16.4. The highest BCUT2D eigenvalue weighted by molar-refractivity contribution is 5.96. The number of carboxylic acid groups (broad SMARTS) is 1. The number of hydrogen-bond donors (Lipinski definition) is 2. The fourth-order valence-electron chi connectivity index (χ4n) is 3.68. The number of hydrogen-bond acceptors (Lipinski definition) is 7. The second-order valence-electron chi connectivity index (χ2n) is 7.85. The van der Waals surface area contributed by atoms with Crippen LogP contribution in [-0.2, 0) is 20.7 Å². The van der Waals surface area contributed by atoms with Gasteiger partial charge in [-0.1, -0.05) is 12.1 Å². The lowest BCUT2D eigenvalue weighted by molar-refractivity contribution is -0.147. The van der Waals surface area contributed by atoms with Gasteiger partial charge < -0.3 is 24.8 Å². The number of rotatable bonds is 9. The largest absolute Gasteiger partial charge is 0.497 e. The van der Waals surface area contributed by atoms with E-state index < -0.39 is 17.9 Å². The molecule has 1 aromatic heterocycles. The van der Waals surface area contributed by atoms with Gasteiger partial charge in [0.15, 0.2) is 0 Å². The number of likely N-dealkylation sites (tertiary alicyclic amines) is 1. The van der Waals surface area contributed by atoms with Crippen LogP contribution in [0.5, 0.6) is 5.75 Å². The number of aliphatic carboxylic acids is 1. The maximum absolute atomic E-state index is 13.4. The van der Waals surface area contributed by atoms with Crippen molar-refractivity contribution in [1.82, 2.24) is 15.2 Å². The first-order valence-corrected chi connectivity index (χ1v) is 10.8. The number of carbonyl (C=O) groups is 3. The van der Waals surface area contributed by atoms with Crippen LogP contribution in [0.4, 0.5) is 0 Å². The van der Waals surface area contributed by atoms with E-state index in [1.54, 1.807) is 24.1 Å². The summed E-state index contributed by atoms with van der Waals surface area (Å²) in [5, 5.41) is 20.5. The van der Waals surface area contributed by atoms with Crippen LogP contribution >= 0.6 is 0 Å². The Bertz CT molecular complexity index is 1040. The molecule has 1 saturated heterocycles. The Morgan fingerprint density at radius 2 is 1.91 bits per heavy atom. The molecule has 2 N–H and O–H groups in total. The van der Waals surface area contributed by atoms with Gasteiger partial charge >= 0.3 is 5.97 Å². The maximum atomic E-state index is 13.4. The number of amides is 2. The van der Waals surface area contributed by atoms with Gasteiger partial charge in [-0.25, -0.2) is 9.78 Å². The van der Waals surface area contributed by atoms with Crippen LogP contribution in [0.3, 0.4) is 0 Å². The van der Waals surface area contributed by atoms with E-state index in [1.807, 2.05) is 18.2 Å². The van der Waals surface area contributed by atoms with Crippen LogP contribution in [-0.4, -0.2) is 71.7 Å². The molecule has 178 valence electrons. The molecule has 1 fully saturated rings. The number of pyridine rings is 1. The molecule has 0 spiro atoms. The highest BCUT2D eigenvalue weighted by Crippen LogP contribution is 2.18. The van der Waals surface area contributed by atoms with Gasteiger partial charge in [-0.15, -0.1) is 0 Å². The van der Waals surface area contributed by atoms with E-state index in [1.165, 1.54) is 18.3 Å². The van der Waals surface area contributed by atoms with E-state index in [9.17, 15) is 14.4 Å². The van der Waals surface area contributed by atoms with Gasteiger partial charge in [0.05, 0.1) is 18.8 Å². The second-order valence-corrected chi connectivity index (χ2v) is 7.85. The molecule has 1 atom stereocenters. The molecule has 2 heterocycles. The van der Waals surface area contributed by atoms with Gasteiger partial charge in [0.25, 0.3) is 5.91 Å². The molecule has 1 aliphatic heterocycles. The van der Waals surface area contributed by atoms with Crippen molar-refractivity contribution in [2.24, 2.45) is 0 Å². The number of ether oxygens (including phenoxy) is 2. The summed E-state index contributed by atoms with van der Waals surface area (Å²) in [6.45, 7) is 0.423. The van der Waals surface area contributed by atoms with Crippen LogP contribution in [0.25, 0.3) is 0 Å². The standard InChI is InChI=1S/C24H26N4O6/c1-33-18-5-2-16(3-6-18)12-21(27-23(31)20-7-4-17(13-25)14-26-20)24(32)28-10-8-19(9-11-28)34-15-22(29)30/h2-7,14,19,21H,8-12,15H2,1H3,(H,27,31)(H,29,30)/t21-/m0/s1. The van der Waals surface area contributed by atoms with Gasteiger partial charge in [-0.2, -0.15) is 5.26 Å². The lowest BCUT2D eigenvalue weighted by Gasteiger charge is -2.34. The molecule has 0 aliphatic carbocycles. The Kier molecular flexibility index (Phi) is 8.54. The van der Waals surface area contributed by atoms with Crippen LogP contribution in [0.2, 0.25) is 0 Å². The van der Waals surface area contributed by atoms with Crippen LogP contribution in [0.1, 0.15) is 34.5 Å². The van der Waals surface area contributed by atoms with Crippen molar-refractivity contribution in [2.45, 2.75) is 31.4 Å². The van der Waals surface area contributed by atoms with Crippen molar-refractivity contribution >= 4 is 17.8 Å². The molecule has 2 amide bonds. The molecule has 3 rings (SSSR count). The third kappa shape index (κ3) is 6.76. The van der Waals surface area contributed by atoms with E-state index in [4.69, 9.17) is 19.8 Å². The highest BCUT2D eigenvalue weighted by Gasteiger charge is 2.30. The Balaban J connectivity index is 1.71. The summed E-state index contributed by atoms with van der Waals surface area (Å²) in [4.78, 5) is 42.5. The zero-order valence-corrected chi connectivity index (χ0v) is 18.8. The van der Waals surface area contributed by atoms with Gasteiger partial charge in [-0.3, -0.25) is 9.59 Å². The lowest BCUT2D eigenvalue weighted by Crippen LogP contribution is -2.52. The van der Waals surface area contributed by atoms with Crippen LogP contribution in [0, 0.1) is 11.3 Å². The van der Waals surface area contributed by atoms with Crippen LogP contribution < -0.4 is 10.1 Å². The van der Waals surface area contributed by atoms with E-state index >= 15 is 0 Å². The summed E-state index contributed by atoms with van der Waals surface area (Å²) in [7, 11) is 1.57. The fourth-order valence-corrected chi connectivity index (χ4v) is 3.68. The smallest absolute Gasteiger partial charge is 0.329 e. The zero-order chi connectivity index (χ0) is 24.5. The molecule has 1 aliphatic rings. The molecule has 0 saturated carbocycles. The second kappa shape index (κ2) is 11.8. The fraction of sp³-hybridized carbons (Fsp3) is 0.375. The summed E-state index contributed by atoms with van der Waals surface area (Å²) >= 11 is 0. The Labute approximate surface area is 197 Å². The minimum Gasteiger partial charge on any atom is -0.497 e. The number of methoxy groups -OCH3 is 1. The van der Waals surface area contributed by atoms with Crippen molar-refractivity contribution in [1.29, 1.82) is 5.26 Å². The number of piperidine rings is 1. The molecule has 2 aromatic rings. The summed E-state index contributed by atoms with van der Waals surface area (Å²) < 4.78 is 10.5. The molecular formula is C24H26N4O6. The van der Waals surface area contributed by atoms with Crippen molar-refractivity contribution in [3.05, 3.63) is 59.4 Å². The first-order valence-electron chi connectivity index (χ1n) is 10.8. The third-order valence-corrected chi connectivity index (χ3v) is 5.52. The van der Waals surface area contributed by atoms with Gasteiger partial charge in [-0.05, 0) is 42.7 Å². The van der Waals surface area contributed by atoms with Gasteiger partial charge in [0.2, 0.25) is 5.91 Å². The molecule has 0 radical (unpaired) electrons. The number of nitrogens with one attached hydrogen (secondary N) is 1. The number of aromatic nitrogens is 1. The minimum atomic E-state index is -1.03. The minimum absolute atomic E-state index is 0.104. The summed E-state index contributed by atoms with van der Waals surface area (Å²) in [6, 6.07) is 11.3. The molecule has 34 heavy (non-hydrogen) atoms. The Morgan fingerprint density at radius 1 is 1.21 bits per heavy atom. The van der Waals surface area contributed by atoms with Crippen molar-refractivity contribution in [3.63, 3.8) is 0 Å². The number of nitriles is 1. The quantitative estimate of drug-likeness (QED) is 0.565. The van der Waals surface area contributed by atoms with Crippen molar-refractivity contribution in [2.75, 3.05) is 26.8 Å². The normalized spacial score (nSPS) is 14.6.